The molecular weight excluding hydrogens is 448 g/mol. The number of benzene rings is 3. The van der Waals surface area contributed by atoms with E-state index in [0.717, 1.165) is 65.2 Å². The predicted octanol–water partition coefficient (Wildman–Crippen LogP) is 4.81. The Kier molecular flexibility index (Phi) is 7.26. The minimum absolute atomic E-state index is 0.0840. The molecule has 2 N–H and O–H groups in total. The number of amides is 1. The van der Waals surface area contributed by atoms with Gasteiger partial charge >= 0.3 is 0 Å². The van der Waals surface area contributed by atoms with E-state index in [-0.39, 0.29) is 11.9 Å². The summed E-state index contributed by atoms with van der Waals surface area (Å²) in [6.07, 6.45) is 0. The number of carbonyl (C=O) groups excluding carboxylic acids is 1. The van der Waals surface area contributed by atoms with Crippen LogP contribution in [0.3, 0.4) is 0 Å². The van der Waals surface area contributed by atoms with E-state index >= 15 is 0 Å². The van der Waals surface area contributed by atoms with Crippen LogP contribution in [0.1, 0.15) is 34.5 Å². The molecule has 1 amide bonds. The second kappa shape index (κ2) is 10.9. The topological polar surface area (TPSA) is 66.5 Å². The van der Waals surface area contributed by atoms with Crippen molar-refractivity contribution in [3.05, 3.63) is 95.6 Å². The van der Waals surface area contributed by atoms with E-state index < -0.39 is 0 Å². The van der Waals surface area contributed by atoms with E-state index in [1.165, 1.54) is 0 Å². The van der Waals surface area contributed by atoms with E-state index in [1.54, 1.807) is 7.11 Å². The van der Waals surface area contributed by atoms with Gasteiger partial charge in [-0.1, -0.05) is 60.7 Å². The van der Waals surface area contributed by atoms with Gasteiger partial charge in [-0.15, -0.1) is 0 Å². The number of aromatic nitrogens is 1. The number of rotatable bonds is 7. The van der Waals surface area contributed by atoms with Gasteiger partial charge in [0, 0.05) is 49.2 Å². The zero-order valence-corrected chi connectivity index (χ0v) is 20.8. The number of nitrogens with zero attached hydrogens (tertiary/aromatic N) is 2. The van der Waals surface area contributed by atoms with Crippen LogP contribution < -0.4 is 15.4 Å². The summed E-state index contributed by atoms with van der Waals surface area (Å²) in [6.45, 7) is 6.44. The molecule has 0 saturated carbocycles. The summed E-state index contributed by atoms with van der Waals surface area (Å²) in [4.78, 5) is 21.5. The highest BCUT2D eigenvalue weighted by Crippen LogP contribution is 2.32. The lowest BCUT2D eigenvalue weighted by atomic mass is 9.95. The van der Waals surface area contributed by atoms with E-state index in [0.29, 0.717) is 12.1 Å². The molecule has 5 rings (SSSR count). The summed E-state index contributed by atoms with van der Waals surface area (Å²) in [7, 11) is 1.65. The molecule has 6 heteroatoms. The fourth-order valence-corrected chi connectivity index (χ4v) is 4.84. The average molecular weight is 481 g/mol. The summed E-state index contributed by atoms with van der Waals surface area (Å²) in [5.41, 5.74) is 5.41. The lowest BCUT2D eigenvalue weighted by molar-refractivity contribution is 0.0939. The fourth-order valence-electron chi connectivity index (χ4n) is 4.84. The molecule has 1 aromatic heterocycles. The molecule has 2 heterocycles. The molecule has 0 spiro atoms. The molecule has 0 bridgehead atoms. The SMILES string of the molecule is COc1ccc([C@H](C)NC(=O)c2c(CN3CCNCC3)c(-c3ccccc3)nc3ccccc23)cc1. The summed E-state index contributed by atoms with van der Waals surface area (Å²) in [5, 5.41) is 7.56. The van der Waals surface area contributed by atoms with Gasteiger partial charge in [-0.2, -0.15) is 0 Å². The molecule has 1 atom stereocenters. The Bertz CT molecular complexity index is 1330. The molecule has 36 heavy (non-hydrogen) atoms. The maximum atomic E-state index is 14.0. The fraction of sp³-hybridized carbons (Fsp3) is 0.267. The van der Waals surface area contributed by atoms with Crippen LogP contribution in [-0.2, 0) is 6.54 Å². The number of piperazine rings is 1. The number of carbonyl (C=O) groups is 1. The molecule has 6 nitrogen and oxygen atoms in total. The van der Waals surface area contributed by atoms with Crippen LogP contribution in [-0.4, -0.2) is 49.1 Å². The van der Waals surface area contributed by atoms with E-state index in [2.05, 4.69) is 27.7 Å². The van der Waals surface area contributed by atoms with Gasteiger partial charge in [0.25, 0.3) is 5.91 Å². The van der Waals surface area contributed by atoms with Gasteiger partial charge in [0.05, 0.1) is 29.9 Å². The normalized spacial score (nSPS) is 14.9. The first-order valence-electron chi connectivity index (χ1n) is 12.5. The Balaban J connectivity index is 1.60. The molecule has 0 aliphatic carbocycles. The number of nitrogens with one attached hydrogen (secondary N) is 2. The molecular formula is C30H32N4O2. The molecule has 1 aliphatic heterocycles. The maximum Gasteiger partial charge on any atom is 0.252 e. The monoisotopic (exact) mass is 480 g/mol. The largest absolute Gasteiger partial charge is 0.497 e. The molecule has 3 aromatic carbocycles. The molecule has 1 fully saturated rings. The predicted molar refractivity (Wildman–Crippen MR) is 144 cm³/mol. The first-order chi connectivity index (χ1) is 17.6. The van der Waals surface area contributed by atoms with Crippen LogP contribution in [0, 0.1) is 0 Å². The van der Waals surface area contributed by atoms with Crippen molar-refractivity contribution >= 4 is 16.8 Å². The highest BCUT2D eigenvalue weighted by Gasteiger charge is 2.25. The number of ether oxygens (including phenoxy) is 1. The van der Waals surface area contributed by atoms with Crippen LogP contribution in [0.15, 0.2) is 78.9 Å². The summed E-state index contributed by atoms with van der Waals surface area (Å²) >= 11 is 0. The average Bonchev–Trinajstić information content (AvgIpc) is 2.93. The molecule has 184 valence electrons. The minimum atomic E-state index is -0.164. The third kappa shape index (κ3) is 5.10. The molecule has 4 aromatic rings. The zero-order valence-electron chi connectivity index (χ0n) is 20.8. The van der Waals surface area contributed by atoms with E-state index in [1.807, 2.05) is 73.7 Å². The Morgan fingerprint density at radius 3 is 2.42 bits per heavy atom. The first-order valence-corrected chi connectivity index (χ1v) is 12.5. The van der Waals surface area contributed by atoms with Gasteiger partial charge < -0.3 is 15.4 Å². The molecule has 1 saturated heterocycles. The molecule has 0 unspecified atom stereocenters. The first kappa shape index (κ1) is 24.0. The number of hydrogen-bond donors (Lipinski definition) is 2. The minimum Gasteiger partial charge on any atom is -0.497 e. The van der Waals surface area contributed by atoms with Crippen molar-refractivity contribution < 1.29 is 9.53 Å². The number of para-hydroxylation sites is 1. The van der Waals surface area contributed by atoms with Crippen molar-refractivity contribution in [2.75, 3.05) is 33.3 Å². The summed E-state index contributed by atoms with van der Waals surface area (Å²) in [6, 6.07) is 25.8. The van der Waals surface area contributed by atoms with Crippen molar-refractivity contribution in [3.63, 3.8) is 0 Å². The third-order valence-electron chi connectivity index (χ3n) is 6.82. The lowest BCUT2D eigenvalue weighted by Crippen LogP contribution is -2.43. The van der Waals surface area contributed by atoms with Gasteiger partial charge in [0.2, 0.25) is 0 Å². The Morgan fingerprint density at radius 2 is 1.69 bits per heavy atom. The van der Waals surface area contributed by atoms with Crippen molar-refractivity contribution in [2.24, 2.45) is 0 Å². The van der Waals surface area contributed by atoms with Crippen LogP contribution in [0.5, 0.6) is 5.75 Å². The number of fused-ring (bicyclic) bond motifs is 1. The third-order valence-corrected chi connectivity index (χ3v) is 6.82. The second-order valence-electron chi connectivity index (χ2n) is 9.19. The van der Waals surface area contributed by atoms with Gasteiger partial charge in [-0.25, -0.2) is 4.98 Å². The number of pyridine rings is 1. The van der Waals surface area contributed by atoms with Gasteiger partial charge in [0.15, 0.2) is 0 Å². The maximum absolute atomic E-state index is 14.0. The highest BCUT2D eigenvalue weighted by molar-refractivity contribution is 6.09. The van der Waals surface area contributed by atoms with Crippen molar-refractivity contribution in [3.8, 4) is 17.0 Å². The van der Waals surface area contributed by atoms with Crippen LogP contribution >= 0.6 is 0 Å². The second-order valence-corrected chi connectivity index (χ2v) is 9.19. The van der Waals surface area contributed by atoms with E-state index in [4.69, 9.17) is 9.72 Å². The molecule has 1 aliphatic rings. The highest BCUT2D eigenvalue weighted by atomic mass is 16.5. The Labute approximate surface area is 212 Å². The number of methoxy groups -OCH3 is 1. The Morgan fingerprint density at radius 1 is 1.00 bits per heavy atom. The Hall–Kier alpha value is -3.74. The zero-order chi connectivity index (χ0) is 24.9. The quantitative estimate of drug-likeness (QED) is 0.398. The van der Waals surface area contributed by atoms with Crippen LogP contribution in [0.2, 0.25) is 0 Å². The van der Waals surface area contributed by atoms with E-state index in [9.17, 15) is 4.79 Å². The van der Waals surface area contributed by atoms with Crippen molar-refractivity contribution in [1.82, 2.24) is 20.5 Å². The van der Waals surface area contributed by atoms with Gasteiger partial charge in [-0.05, 0) is 30.7 Å². The summed E-state index contributed by atoms with van der Waals surface area (Å²) < 4.78 is 5.29. The van der Waals surface area contributed by atoms with Crippen LogP contribution in [0.25, 0.3) is 22.2 Å². The summed E-state index contributed by atoms with van der Waals surface area (Å²) in [5.74, 6) is 0.711. The van der Waals surface area contributed by atoms with Gasteiger partial charge in [-0.3, -0.25) is 9.69 Å². The van der Waals surface area contributed by atoms with Crippen LogP contribution in [0.4, 0.5) is 0 Å². The smallest absolute Gasteiger partial charge is 0.252 e. The van der Waals surface area contributed by atoms with Crippen molar-refractivity contribution in [2.45, 2.75) is 19.5 Å². The molecule has 0 radical (unpaired) electrons. The van der Waals surface area contributed by atoms with Crippen molar-refractivity contribution in [1.29, 1.82) is 0 Å². The number of hydrogen-bond acceptors (Lipinski definition) is 5. The standard InChI is InChI=1S/C30H32N4O2/c1-21(22-12-14-24(36-2)15-13-22)32-30(35)28-25-10-6-7-11-27(25)33-29(23-8-4-3-5-9-23)26(28)20-34-18-16-31-17-19-34/h3-15,21,31H,16-20H2,1-2H3,(H,32,35)/t21-/m0/s1. The van der Waals surface area contributed by atoms with Gasteiger partial charge in [0.1, 0.15) is 5.75 Å². The lowest BCUT2D eigenvalue weighted by Gasteiger charge is -2.29.